The van der Waals surface area contributed by atoms with Gasteiger partial charge < -0.3 is 10.1 Å². The van der Waals surface area contributed by atoms with E-state index in [0.29, 0.717) is 18.6 Å². The molecule has 0 spiro atoms. The van der Waals surface area contributed by atoms with Gasteiger partial charge in [0.2, 0.25) is 0 Å². The molecule has 0 bridgehead atoms. The Labute approximate surface area is 94.6 Å². The fourth-order valence-corrected chi connectivity index (χ4v) is 1.43. The molecule has 0 heterocycles. The molecule has 0 fully saturated rings. The van der Waals surface area contributed by atoms with E-state index >= 15 is 0 Å². The van der Waals surface area contributed by atoms with Crippen LogP contribution in [0.1, 0.15) is 15.9 Å². The Kier molecular flexibility index (Phi) is 5.50. The van der Waals surface area contributed by atoms with Gasteiger partial charge in [-0.3, -0.25) is 4.79 Å². The van der Waals surface area contributed by atoms with E-state index in [0.717, 1.165) is 5.56 Å². The highest BCUT2D eigenvalue weighted by molar-refractivity contribution is 5.95. The van der Waals surface area contributed by atoms with Crippen molar-refractivity contribution >= 4 is 5.91 Å². The van der Waals surface area contributed by atoms with Crippen LogP contribution in [0.5, 0.6) is 0 Å². The fourth-order valence-electron chi connectivity index (χ4n) is 1.43. The van der Waals surface area contributed by atoms with E-state index in [9.17, 15) is 9.18 Å². The minimum Gasteiger partial charge on any atom is -0.378 e. The lowest BCUT2D eigenvalue weighted by molar-refractivity contribution is 0.0960. The molecule has 1 amide bonds. The van der Waals surface area contributed by atoms with Gasteiger partial charge in [-0.05, 0) is 18.1 Å². The molecule has 1 aromatic carbocycles. The van der Waals surface area contributed by atoms with Crippen molar-refractivity contribution in [1.82, 2.24) is 5.32 Å². The first kappa shape index (κ1) is 12.6. The molecule has 0 aliphatic carbocycles. The first-order chi connectivity index (χ1) is 7.79. The van der Waals surface area contributed by atoms with Crippen molar-refractivity contribution < 1.29 is 13.9 Å². The summed E-state index contributed by atoms with van der Waals surface area (Å²) in [6.07, 6.45) is 0.615. The zero-order valence-electron chi connectivity index (χ0n) is 9.33. The Bertz CT molecular complexity index is 342. The number of carbonyl (C=O) groups is 1. The SMILES string of the molecule is CNC(=O)c1ccccc1CCOCCF. The third-order valence-electron chi connectivity index (χ3n) is 2.23. The summed E-state index contributed by atoms with van der Waals surface area (Å²) in [5.74, 6) is -0.110. The van der Waals surface area contributed by atoms with Crippen LogP contribution in [0.15, 0.2) is 24.3 Å². The molecular formula is C12H16FNO2. The Balaban J connectivity index is 2.60. The van der Waals surface area contributed by atoms with Crippen LogP contribution in [0, 0.1) is 0 Å². The Hall–Kier alpha value is -1.42. The van der Waals surface area contributed by atoms with E-state index in [1.165, 1.54) is 0 Å². The molecule has 0 aliphatic heterocycles. The number of ether oxygens (including phenoxy) is 1. The number of hydrogen-bond donors (Lipinski definition) is 1. The lowest BCUT2D eigenvalue weighted by Gasteiger charge is -2.08. The third-order valence-corrected chi connectivity index (χ3v) is 2.23. The minimum atomic E-state index is -0.475. The molecule has 1 aromatic rings. The summed E-state index contributed by atoms with van der Waals surface area (Å²) in [6, 6.07) is 7.33. The fraction of sp³-hybridized carbons (Fsp3) is 0.417. The van der Waals surface area contributed by atoms with Crippen LogP contribution >= 0.6 is 0 Å². The normalized spacial score (nSPS) is 10.1. The number of hydrogen-bond acceptors (Lipinski definition) is 2. The number of rotatable bonds is 6. The van der Waals surface area contributed by atoms with Gasteiger partial charge in [-0.2, -0.15) is 0 Å². The Morgan fingerprint density at radius 2 is 2.12 bits per heavy atom. The van der Waals surface area contributed by atoms with Crippen LogP contribution in [-0.2, 0) is 11.2 Å². The predicted molar refractivity (Wildman–Crippen MR) is 60.3 cm³/mol. The second-order valence-corrected chi connectivity index (χ2v) is 3.29. The highest BCUT2D eigenvalue weighted by atomic mass is 19.1. The summed E-state index contributed by atoms with van der Waals surface area (Å²) in [7, 11) is 1.60. The number of alkyl halides is 1. The van der Waals surface area contributed by atoms with E-state index in [2.05, 4.69) is 5.32 Å². The number of carbonyl (C=O) groups excluding carboxylic acids is 1. The van der Waals surface area contributed by atoms with Gasteiger partial charge >= 0.3 is 0 Å². The van der Waals surface area contributed by atoms with E-state index < -0.39 is 6.67 Å². The maximum absolute atomic E-state index is 11.8. The molecule has 1 N–H and O–H groups in total. The van der Waals surface area contributed by atoms with E-state index in [1.807, 2.05) is 18.2 Å². The maximum atomic E-state index is 11.8. The van der Waals surface area contributed by atoms with Crippen LogP contribution in [0.2, 0.25) is 0 Å². The first-order valence-electron chi connectivity index (χ1n) is 5.23. The molecule has 88 valence electrons. The van der Waals surface area contributed by atoms with Crippen LogP contribution in [-0.4, -0.2) is 32.8 Å². The van der Waals surface area contributed by atoms with Crippen molar-refractivity contribution in [2.75, 3.05) is 26.9 Å². The highest BCUT2D eigenvalue weighted by Crippen LogP contribution is 2.09. The van der Waals surface area contributed by atoms with Gasteiger partial charge in [0.25, 0.3) is 5.91 Å². The monoisotopic (exact) mass is 225 g/mol. The van der Waals surface area contributed by atoms with Gasteiger partial charge in [0, 0.05) is 12.6 Å². The average Bonchev–Trinajstić information content (AvgIpc) is 2.34. The number of nitrogens with one attached hydrogen (secondary N) is 1. The standard InChI is InChI=1S/C12H16FNO2/c1-14-12(15)11-5-3-2-4-10(11)6-8-16-9-7-13/h2-5H,6-9H2,1H3,(H,14,15). The van der Waals surface area contributed by atoms with Crippen LogP contribution in [0.25, 0.3) is 0 Å². The van der Waals surface area contributed by atoms with E-state index in [1.54, 1.807) is 13.1 Å². The maximum Gasteiger partial charge on any atom is 0.251 e. The number of amides is 1. The lowest BCUT2D eigenvalue weighted by Crippen LogP contribution is -2.20. The van der Waals surface area contributed by atoms with E-state index in [-0.39, 0.29) is 12.5 Å². The first-order valence-corrected chi connectivity index (χ1v) is 5.23. The van der Waals surface area contributed by atoms with Crippen LogP contribution in [0.3, 0.4) is 0 Å². The molecular weight excluding hydrogens is 209 g/mol. The second-order valence-electron chi connectivity index (χ2n) is 3.29. The minimum absolute atomic E-state index is 0.110. The predicted octanol–water partition coefficient (Wildman–Crippen LogP) is 1.57. The topological polar surface area (TPSA) is 38.3 Å². The summed E-state index contributed by atoms with van der Waals surface area (Å²) < 4.78 is 16.8. The van der Waals surface area contributed by atoms with Crippen LogP contribution < -0.4 is 5.32 Å². The molecule has 3 nitrogen and oxygen atoms in total. The van der Waals surface area contributed by atoms with Gasteiger partial charge in [0.15, 0.2) is 0 Å². The summed E-state index contributed by atoms with van der Waals surface area (Å²) in [5, 5.41) is 2.58. The molecule has 0 aliphatic rings. The van der Waals surface area contributed by atoms with Crippen LogP contribution in [0.4, 0.5) is 4.39 Å². The Morgan fingerprint density at radius 1 is 1.38 bits per heavy atom. The molecule has 0 aromatic heterocycles. The average molecular weight is 225 g/mol. The molecule has 0 atom stereocenters. The number of halogens is 1. The van der Waals surface area contributed by atoms with Gasteiger partial charge in [-0.1, -0.05) is 18.2 Å². The third kappa shape index (κ3) is 3.62. The number of benzene rings is 1. The molecule has 4 heteroatoms. The molecule has 0 saturated heterocycles. The van der Waals surface area contributed by atoms with Crippen molar-refractivity contribution in [3.8, 4) is 0 Å². The van der Waals surface area contributed by atoms with Crippen molar-refractivity contribution in [3.05, 3.63) is 35.4 Å². The summed E-state index contributed by atoms with van der Waals surface area (Å²) in [6.45, 7) is 0.0666. The zero-order chi connectivity index (χ0) is 11.8. The van der Waals surface area contributed by atoms with Crippen molar-refractivity contribution in [1.29, 1.82) is 0 Å². The highest BCUT2D eigenvalue weighted by Gasteiger charge is 2.08. The summed E-state index contributed by atoms with van der Waals surface area (Å²) in [5.41, 5.74) is 1.56. The molecule has 0 saturated carbocycles. The van der Waals surface area contributed by atoms with Crippen molar-refractivity contribution in [2.24, 2.45) is 0 Å². The summed E-state index contributed by atoms with van der Waals surface area (Å²) in [4.78, 5) is 11.5. The molecule has 1 rings (SSSR count). The largest absolute Gasteiger partial charge is 0.378 e. The zero-order valence-corrected chi connectivity index (χ0v) is 9.33. The molecule has 0 radical (unpaired) electrons. The van der Waals surface area contributed by atoms with E-state index in [4.69, 9.17) is 4.74 Å². The second kappa shape index (κ2) is 6.95. The quantitative estimate of drug-likeness (QED) is 0.746. The van der Waals surface area contributed by atoms with Gasteiger partial charge in [0.05, 0.1) is 13.2 Å². The van der Waals surface area contributed by atoms with Gasteiger partial charge in [-0.15, -0.1) is 0 Å². The lowest BCUT2D eigenvalue weighted by atomic mass is 10.0. The van der Waals surface area contributed by atoms with Crippen molar-refractivity contribution in [2.45, 2.75) is 6.42 Å². The molecule has 0 unspecified atom stereocenters. The van der Waals surface area contributed by atoms with Crippen molar-refractivity contribution in [3.63, 3.8) is 0 Å². The van der Waals surface area contributed by atoms with Gasteiger partial charge in [0.1, 0.15) is 6.67 Å². The van der Waals surface area contributed by atoms with Gasteiger partial charge in [-0.25, -0.2) is 4.39 Å². The molecule has 16 heavy (non-hydrogen) atoms. The Morgan fingerprint density at radius 3 is 2.81 bits per heavy atom. The smallest absolute Gasteiger partial charge is 0.251 e. The summed E-state index contributed by atoms with van der Waals surface area (Å²) >= 11 is 0.